The van der Waals surface area contributed by atoms with Gasteiger partial charge in [0, 0.05) is 6.04 Å². The van der Waals surface area contributed by atoms with Crippen LogP contribution in [-0.4, -0.2) is 26.4 Å². The number of rotatable bonds is 4. The van der Waals surface area contributed by atoms with Crippen LogP contribution < -0.4 is 0 Å². The number of benzene rings is 1. The third-order valence-electron chi connectivity index (χ3n) is 4.29. The Bertz CT molecular complexity index is 680. The third kappa shape index (κ3) is 2.79. The molecule has 2 aromatic rings. The number of imidazole rings is 1. The van der Waals surface area contributed by atoms with E-state index in [4.69, 9.17) is 5.11 Å². The predicted octanol–water partition coefficient (Wildman–Crippen LogP) is 3.88. The number of aromatic nitrogens is 2. The first-order valence-electron chi connectivity index (χ1n) is 7.39. The molecule has 0 bridgehead atoms. The third-order valence-corrected chi connectivity index (χ3v) is 5.22. The van der Waals surface area contributed by atoms with E-state index < -0.39 is 5.97 Å². The van der Waals surface area contributed by atoms with Gasteiger partial charge in [-0.05, 0) is 43.4 Å². The van der Waals surface area contributed by atoms with Crippen LogP contribution in [0.2, 0.25) is 0 Å². The van der Waals surface area contributed by atoms with E-state index in [-0.39, 0.29) is 5.75 Å². The molecule has 2 atom stereocenters. The molecule has 1 saturated carbocycles. The van der Waals surface area contributed by atoms with Gasteiger partial charge in [0.15, 0.2) is 5.16 Å². The first kappa shape index (κ1) is 14.4. The van der Waals surface area contributed by atoms with E-state index in [1.165, 1.54) is 30.2 Å². The number of carboxylic acids is 1. The molecule has 1 aromatic heterocycles. The monoisotopic (exact) mass is 304 g/mol. The summed E-state index contributed by atoms with van der Waals surface area (Å²) in [5.41, 5.74) is 3.32. The fourth-order valence-corrected chi connectivity index (χ4v) is 4.03. The van der Waals surface area contributed by atoms with Gasteiger partial charge < -0.3 is 9.67 Å². The SMILES string of the molecule is Cc1ccc2nc(SCC(=O)O)n(C3CCCC3C)c2c1. The van der Waals surface area contributed by atoms with Gasteiger partial charge in [0.05, 0.1) is 16.8 Å². The van der Waals surface area contributed by atoms with Crippen LogP contribution in [-0.2, 0) is 4.79 Å². The lowest BCUT2D eigenvalue weighted by Crippen LogP contribution is -2.13. The van der Waals surface area contributed by atoms with Gasteiger partial charge in [0.2, 0.25) is 0 Å². The van der Waals surface area contributed by atoms with Crippen molar-refractivity contribution < 1.29 is 9.90 Å². The zero-order valence-corrected chi connectivity index (χ0v) is 13.2. The van der Waals surface area contributed by atoms with Crippen molar-refractivity contribution >= 4 is 28.8 Å². The Labute approximate surface area is 128 Å². The lowest BCUT2D eigenvalue weighted by molar-refractivity contribution is -0.133. The van der Waals surface area contributed by atoms with Crippen LogP contribution in [0.3, 0.4) is 0 Å². The van der Waals surface area contributed by atoms with Crippen molar-refractivity contribution in [3.63, 3.8) is 0 Å². The Hall–Kier alpha value is -1.49. The minimum Gasteiger partial charge on any atom is -0.481 e. The van der Waals surface area contributed by atoms with Gasteiger partial charge in [0.25, 0.3) is 0 Å². The minimum absolute atomic E-state index is 0.0589. The Balaban J connectivity index is 2.09. The second-order valence-electron chi connectivity index (χ2n) is 5.91. The quantitative estimate of drug-likeness (QED) is 0.871. The summed E-state index contributed by atoms with van der Waals surface area (Å²) < 4.78 is 2.29. The van der Waals surface area contributed by atoms with Crippen LogP contribution in [0, 0.1) is 12.8 Å². The normalized spacial score (nSPS) is 22.0. The molecule has 1 aromatic carbocycles. The highest BCUT2D eigenvalue weighted by atomic mass is 32.2. The number of aryl methyl sites for hydroxylation is 1. The summed E-state index contributed by atoms with van der Waals surface area (Å²) >= 11 is 1.33. The summed E-state index contributed by atoms with van der Waals surface area (Å²) in [6.45, 7) is 4.36. The Morgan fingerprint density at radius 2 is 2.29 bits per heavy atom. The van der Waals surface area contributed by atoms with Crippen LogP contribution in [0.4, 0.5) is 0 Å². The van der Waals surface area contributed by atoms with E-state index in [1.807, 2.05) is 6.07 Å². The zero-order valence-electron chi connectivity index (χ0n) is 12.4. The van der Waals surface area contributed by atoms with Crippen LogP contribution >= 0.6 is 11.8 Å². The van der Waals surface area contributed by atoms with Crippen LogP contribution in [0.5, 0.6) is 0 Å². The van der Waals surface area contributed by atoms with Crippen molar-refractivity contribution in [3.8, 4) is 0 Å². The Kier molecular flexibility index (Phi) is 3.93. The van der Waals surface area contributed by atoms with Gasteiger partial charge in [-0.2, -0.15) is 0 Å². The Morgan fingerprint density at radius 1 is 1.48 bits per heavy atom. The molecule has 0 aliphatic heterocycles. The highest BCUT2D eigenvalue weighted by Gasteiger charge is 2.28. The maximum absolute atomic E-state index is 10.9. The molecule has 1 fully saturated rings. The topological polar surface area (TPSA) is 55.1 Å². The zero-order chi connectivity index (χ0) is 15.0. The van der Waals surface area contributed by atoms with E-state index in [0.29, 0.717) is 12.0 Å². The van der Waals surface area contributed by atoms with Gasteiger partial charge in [-0.1, -0.05) is 31.2 Å². The van der Waals surface area contributed by atoms with Gasteiger partial charge >= 0.3 is 5.97 Å². The molecule has 2 unspecified atom stereocenters. The van der Waals surface area contributed by atoms with Crippen molar-refractivity contribution in [1.82, 2.24) is 9.55 Å². The van der Waals surface area contributed by atoms with E-state index in [1.54, 1.807) is 0 Å². The number of fused-ring (bicyclic) bond motifs is 1. The van der Waals surface area contributed by atoms with Gasteiger partial charge in [-0.25, -0.2) is 4.98 Å². The molecule has 0 amide bonds. The van der Waals surface area contributed by atoms with Crippen LogP contribution in [0.15, 0.2) is 23.4 Å². The first-order valence-corrected chi connectivity index (χ1v) is 8.38. The number of nitrogens with zero attached hydrogens (tertiary/aromatic N) is 2. The second kappa shape index (κ2) is 5.72. The molecular weight excluding hydrogens is 284 g/mol. The highest BCUT2D eigenvalue weighted by Crippen LogP contribution is 2.40. The predicted molar refractivity (Wildman–Crippen MR) is 84.9 cm³/mol. The van der Waals surface area contributed by atoms with Crippen molar-refractivity contribution in [2.24, 2.45) is 5.92 Å². The largest absolute Gasteiger partial charge is 0.481 e. The molecule has 0 saturated heterocycles. The molecule has 112 valence electrons. The van der Waals surface area contributed by atoms with Crippen LogP contribution in [0.25, 0.3) is 11.0 Å². The number of carbonyl (C=O) groups is 1. The molecule has 5 heteroatoms. The number of aliphatic carboxylic acids is 1. The second-order valence-corrected chi connectivity index (χ2v) is 6.86. The lowest BCUT2D eigenvalue weighted by Gasteiger charge is -2.20. The van der Waals surface area contributed by atoms with E-state index in [0.717, 1.165) is 22.6 Å². The van der Waals surface area contributed by atoms with E-state index in [2.05, 4.69) is 35.5 Å². The number of thioether (sulfide) groups is 1. The average Bonchev–Trinajstić information content (AvgIpc) is 2.99. The summed E-state index contributed by atoms with van der Waals surface area (Å²) in [6.07, 6.45) is 3.63. The standard InChI is InChI=1S/C16H20N2O2S/c1-10-6-7-12-14(8-10)18(13-5-3-4-11(13)2)16(17-12)21-9-15(19)20/h6-8,11,13H,3-5,9H2,1-2H3,(H,19,20). The van der Waals surface area contributed by atoms with Crippen LogP contribution in [0.1, 0.15) is 37.8 Å². The van der Waals surface area contributed by atoms with E-state index >= 15 is 0 Å². The molecule has 0 radical (unpaired) electrons. The first-order chi connectivity index (χ1) is 10.1. The minimum atomic E-state index is -0.797. The lowest BCUT2D eigenvalue weighted by atomic mass is 10.1. The molecular formula is C16H20N2O2S. The summed E-state index contributed by atoms with van der Waals surface area (Å²) in [4.78, 5) is 15.5. The van der Waals surface area contributed by atoms with Gasteiger partial charge in [-0.3, -0.25) is 4.79 Å². The molecule has 1 heterocycles. The van der Waals surface area contributed by atoms with Crippen molar-refractivity contribution in [1.29, 1.82) is 0 Å². The molecule has 21 heavy (non-hydrogen) atoms. The van der Waals surface area contributed by atoms with Gasteiger partial charge in [-0.15, -0.1) is 0 Å². The summed E-state index contributed by atoms with van der Waals surface area (Å²) in [6, 6.07) is 6.70. The van der Waals surface area contributed by atoms with Gasteiger partial charge in [0.1, 0.15) is 0 Å². The smallest absolute Gasteiger partial charge is 0.313 e. The van der Waals surface area contributed by atoms with Crippen molar-refractivity contribution in [3.05, 3.63) is 23.8 Å². The number of hydrogen-bond donors (Lipinski definition) is 1. The molecule has 1 N–H and O–H groups in total. The molecule has 0 spiro atoms. The highest BCUT2D eigenvalue weighted by molar-refractivity contribution is 7.99. The summed E-state index contributed by atoms with van der Waals surface area (Å²) in [5, 5.41) is 9.79. The van der Waals surface area contributed by atoms with Crippen molar-refractivity contribution in [2.45, 2.75) is 44.3 Å². The fraction of sp³-hybridized carbons (Fsp3) is 0.500. The number of carboxylic acid groups (broad SMARTS) is 1. The van der Waals surface area contributed by atoms with E-state index in [9.17, 15) is 4.79 Å². The summed E-state index contributed by atoms with van der Waals surface area (Å²) in [7, 11) is 0. The molecule has 1 aliphatic rings. The Morgan fingerprint density at radius 3 is 2.95 bits per heavy atom. The fourth-order valence-electron chi connectivity index (χ4n) is 3.24. The molecule has 1 aliphatic carbocycles. The van der Waals surface area contributed by atoms with Crippen molar-refractivity contribution in [2.75, 3.05) is 5.75 Å². The average molecular weight is 304 g/mol. The number of hydrogen-bond acceptors (Lipinski definition) is 3. The molecule has 3 rings (SSSR count). The summed E-state index contributed by atoms with van der Waals surface area (Å²) in [5.74, 6) is -0.120. The maximum Gasteiger partial charge on any atom is 0.313 e. The molecule has 4 nitrogen and oxygen atoms in total. The maximum atomic E-state index is 10.9.